The zero-order valence-electron chi connectivity index (χ0n) is 16.7. The first-order chi connectivity index (χ1) is 14.4. The van der Waals surface area contributed by atoms with E-state index in [-0.39, 0.29) is 0 Å². The van der Waals surface area contributed by atoms with Crippen LogP contribution in [0.15, 0.2) is 54.6 Å². The summed E-state index contributed by atoms with van der Waals surface area (Å²) in [4.78, 5) is 5.07. The molecule has 0 bridgehead atoms. The quantitative estimate of drug-likeness (QED) is 0.686. The number of nitrogens with zero attached hydrogens (tertiary/aromatic N) is 5. The molecule has 0 radical (unpaired) electrons. The highest BCUT2D eigenvalue weighted by atomic mass is 16.5. The molecule has 5 rings (SSSR count). The summed E-state index contributed by atoms with van der Waals surface area (Å²) in [5.41, 5.74) is 2.43. The van der Waals surface area contributed by atoms with Crippen LogP contribution in [-0.2, 0) is 19.6 Å². The number of ether oxygens (including phenoxy) is 1. The first kappa shape index (κ1) is 18.3. The van der Waals surface area contributed by atoms with E-state index in [0.717, 1.165) is 68.8 Å². The van der Waals surface area contributed by atoms with Crippen molar-refractivity contribution >= 4 is 0 Å². The minimum Gasteiger partial charge on any atom is -0.491 e. The maximum Gasteiger partial charge on any atom is 0.167 e. The van der Waals surface area contributed by atoms with Gasteiger partial charge in [-0.25, -0.2) is 0 Å². The molecular weight excluding hydrogens is 362 g/mol. The number of benzene rings is 2. The zero-order chi connectivity index (χ0) is 19.5. The Bertz CT molecular complexity index is 955. The second kappa shape index (κ2) is 8.35. The second-order valence-corrected chi connectivity index (χ2v) is 7.83. The van der Waals surface area contributed by atoms with Gasteiger partial charge >= 0.3 is 0 Å². The summed E-state index contributed by atoms with van der Waals surface area (Å²) in [7, 11) is 0. The number of hydrogen-bond acceptors (Lipinski definition) is 5. The molecule has 6 nitrogen and oxygen atoms in total. The van der Waals surface area contributed by atoms with Crippen LogP contribution in [0.5, 0.6) is 5.75 Å². The lowest BCUT2D eigenvalue weighted by Crippen LogP contribution is -2.31. The van der Waals surface area contributed by atoms with E-state index in [2.05, 4.69) is 61.0 Å². The van der Waals surface area contributed by atoms with Crippen molar-refractivity contribution in [1.29, 1.82) is 0 Å². The minimum absolute atomic E-state index is 0.653. The van der Waals surface area contributed by atoms with E-state index in [9.17, 15) is 0 Å². The van der Waals surface area contributed by atoms with Crippen LogP contribution in [0.2, 0.25) is 0 Å². The molecule has 1 aromatic heterocycles. The van der Waals surface area contributed by atoms with Gasteiger partial charge in [0.15, 0.2) is 5.82 Å². The Kier molecular flexibility index (Phi) is 5.28. The molecule has 1 saturated heterocycles. The third-order valence-electron chi connectivity index (χ3n) is 5.82. The van der Waals surface area contributed by atoms with Crippen molar-refractivity contribution in [2.24, 2.45) is 0 Å². The molecule has 0 atom stereocenters. The van der Waals surface area contributed by atoms with Crippen molar-refractivity contribution in [3.63, 3.8) is 0 Å². The fourth-order valence-electron chi connectivity index (χ4n) is 4.29. The van der Waals surface area contributed by atoms with Crippen LogP contribution in [0.25, 0.3) is 11.4 Å². The third-order valence-corrected chi connectivity index (χ3v) is 5.82. The summed E-state index contributed by atoms with van der Waals surface area (Å²) in [6.45, 7) is 7.70. The van der Waals surface area contributed by atoms with Crippen molar-refractivity contribution in [3.05, 3.63) is 66.0 Å². The van der Waals surface area contributed by atoms with Gasteiger partial charge in [-0.05, 0) is 37.2 Å². The average molecular weight is 390 g/mol. The van der Waals surface area contributed by atoms with Gasteiger partial charge in [0.2, 0.25) is 0 Å². The Hall–Kier alpha value is -2.70. The number of hydrogen-bond donors (Lipinski definition) is 0. The Morgan fingerprint density at radius 3 is 2.38 bits per heavy atom. The SMILES string of the molecule is c1ccc(CN2CCCN(Cc3nnc4n3CCOc3ccccc3-4)CC2)cc1. The van der Waals surface area contributed by atoms with Gasteiger partial charge in [0, 0.05) is 19.6 Å². The Morgan fingerprint density at radius 1 is 0.759 bits per heavy atom. The van der Waals surface area contributed by atoms with Crippen molar-refractivity contribution in [1.82, 2.24) is 24.6 Å². The first-order valence-electron chi connectivity index (χ1n) is 10.5. The molecule has 150 valence electrons. The highest BCUT2D eigenvalue weighted by Crippen LogP contribution is 2.31. The molecule has 2 aliphatic heterocycles. The van der Waals surface area contributed by atoms with E-state index >= 15 is 0 Å². The van der Waals surface area contributed by atoms with Crippen LogP contribution in [0.4, 0.5) is 0 Å². The predicted molar refractivity (Wildman–Crippen MR) is 113 cm³/mol. The minimum atomic E-state index is 0.653. The summed E-state index contributed by atoms with van der Waals surface area (Å²) in [6.07, 6.45) is 1.18. The van der Waals surface area contributed by atoms with Gasteiger partial charge in [-0.3, -0.25) is 9.80 Å². The lowest BCUT2D eigenvalue weighted by Gasteiger charge is -2.21. The molecule has 3 heterocycles. The van der Waals surface area contributed by atoms with E-state index < -0.39 is 0 Å². The van der Waals surface area contributed by atoms with Gasteiger partial charge in [-0.2, -0.15) is 0 Å². The smallest absolute Gasteiger partial charge is 0.167 e. The Morgan fingerprint density at radius 2 is 1.52 bits per heavy atom. The van der Waals surface area contributed by atoms with Crippen LogP contribution in [0, 0.1) is 0 Å². The van der Waals surface area contributed by atoms with E-state index in [1.165, 1.54) is 12.0 Å². The topological polar surface area (TPSA) is 46.4 Å². The molecule has 0 unspecified atom stereocenters. The van der Waals surface area contributed by atoms with E-state index in [4.69, 9.17) is 4.74 Å². The van der Waals surface area contributed by atoms with Crippen LogP contribution in [-0.4, -0.2) is 57.4 Å². The van der Waals surface area contributed by atoms with Gasteiger partial charge in [0.1, 0.15) is 18.2 Å². The van der Waals surface area contributed by atoms with Crippen molar-refractivity contribution in [2.75, 3.05) is 32.8 Å². The summed E-state index contributed by atoms with van der Waals surface area (Å²) < 4.78 is 8.15. The second-order valence-electron chi connectivity index (χ2n) is 7.83. The fraction of sp³-hybridized carbons (Fsp3) is 0.391. The summed E-state index contributed by atoms with van der Waals surface area (Å²) in [6, 6.07) is 18.9. The fourth-order valence-corrected chi connectivity index (χ4v) is 4.29. The molecule has 0 amide bonds. The predicted octanol–water partition coefficient (Wildman–Crippen LogP) is 3.05. The van der Waals surface area contributed by atoms with Crippen LogP contribution in [0.3, 0.4) is 0 Å². The molecule has 0 aliphatic carbocycles. The standard InChI is InChI=1S/C23H27N5O/c1-2-7-19(8-3-1)17-26-11-6-12-27(14-13-26)18-22-24-25-23-20-9-4-5-10-21(20)29-16-15-28(22)23/h1-5,7-10H,6,11-18H2. The highest BCUT2D eigenvalue weighted by molar-refractivity contribution is 5.64. The monoisotopic (exact) mass is 389 g/mol. The summed E-state index contributed by atoms with van der Waals surface area (Å²) in [5, 5.41) is 9.07. The summed E-state index contributed by atoms with van der Waals surface area (Å²) in [5.74, 6) is 2.86. The molecule has 0 spiro atoms. The molecule has 2 aromatic carbocycles. The molecule has 1 fully saturated rings. The number of fused-ring (bicyclic) bond motifs is 3. The van der Waals surface area contributed by atoms with Crippen molar-refractivity contribution in [2.45, 2.75) is 26.1 Å². The van der Waals surface area contributed by atoms with Gasteiger partial charge < -0.3 is 9.30 Å². The largest absolute Gasteiger partial charge is 0.491 e. The molecule has 0 saturated carbocycles. The van der Waals surface area contributed by atoms with E-state index in [1.54, 1.807) is 0 Å². The van der Waals surface area contributed by atoms with Gasteiger partial charge in [0.05, 0.1) is 18.7 Å². The maximum absolute atomic E-state index is 5.92. The van der Waals surface area contributed by atoms with Crippen molar-refractivity contribution < 1.29 is 4.74 Å². The summed E-state index contributed by atoms with van der Waals surface area (Å²) >= 11 is 0. The first-order valence-corrected chi connectivity index (χ1v) is 10.5. The van der Waals surface area contributed by atoms with Crippen LogP contribution >= 0.6 is 0 Å². The number of rotatable bonds is 4. The highest BCUT2D eigenvalue weighted by Gasteiger charge is 2.22. The lowest BCUT2D eigenvalue weighted by atomic mass is 10.2. The lowest BCUT2D eigenvalue weighted by molar-refractivity contribution is 0.239. The molecule has 0 N–H and O–H groups in total. The van der Waals surface area contributed by atoms with Crippen molar-refractivity contribution in [3.8, 4) is 17.1 Å². The molecule has 6 heteroatoms. The molecule has 29 heavy (non-hydrogen) atoms. The average Bonchev–Trinajstić information content (AvgIpc) is 2.91. The van der Waals surface area contributed by atoms with Crippen LogP contribution < -0.4 is 4.74 Å². The van der Waals surface area contributed by atoms with Gasteiger partial charge in [0.25, 0.3) is 0 Å². The van der Waals surface area contributed by atoms with Crippen LogP contribution in [0.1, 0.15) is 17.8 Å². The molecular formula is C23H27N5O. The Balaban J connectivity index is 1.27. The van der Waals surface area contributed by atoms with Gasteiger partial charge in [-0.1, -0.05) is 42.5 Å². The molecule has 2 aliphatic rings. The number of para-hydroxylation sites is 1. The van der Waals surface area contributed by atoms with E-state index in [0.29, 0.717) is 6.61 Å². The van der Waals surface area contributed by atoms with Gasteiger partial charge in [-0.15, -0.1) is 10.2 Å². The van der Waals surface area contributed by atoms with E-state index in [1.807, 2.05) is 18.2 Å². The number of aromatic nitrogens is 3. The maximum atomic E-state index is 5.92. The molecule has 3 aromatic rings. The zero-order valence-corrected chi connectivity index (χ0v) is 16.7. The Labute approximate surface area is 171 Å². The normalized spacial score (nSPS) is 17.7. The third kappa shape index (κ3) is 4.04.